The van der Waals surface area contributed by atoms with Crippen LogP contribution in [0.5, 0.6) is 0 Å². The molecule has 2 heterocycles. The first kappa shape index (κ1) is 14.8. The van der Waals surface area contributed by atoms with Crippen molar-refractivity contribution in [3.8, 4) is 0 Å². The lowest BCUT2D eigenvalue weighted by molar-refractivity contribution is -0.131. The molecule has 2 unspecified atom stereocenters. The molecule has 2 saturated heterocycles. The second-order valence-electron chi connectivity index (χ2n) is 7.39. The highest BCUT2D eigenvalue weighted by atomic mass is 16.1. The fourth-order valence-corrected chi connectivity index (χ4v) is 4.39. The first-order valence-corrected chi connectivity index (χ1v) is 8.40. The summed E-state index contributed by atoms with van der Waals surface area (Å²) in [7, 11) is 0. The van der Waals surface area contributed by atoms with Crippen molar-refractivity contribution >= 4 is 5.78 Å². The smallest absolute Gasteiger partial charge is 0.136 e. The normalized spacial score (nSPS) is 26.9. The molecule has 1 aromatic rings. The number of piperidine rings is 2. The molecule has 2 aliphatic heterocycles. The van der Waals surface area contributed by atoms with Gasteiger partial charge in [0.1, 0.15) is 5.78 Å². The molecule has 0 spiro atoms. The molecule has 2 nitrogen and oxygen atoms in total. The van der Waals surface area contributed by atoms with Gasteiger partial charge in [-0.1, -0.05) is 36.8 Å². The van der Waals surface area contributed by atoms with Gasteiger partial charge in [0.25, 0.3) is 0 Å². The summed E-state index contributed by atoms with van der Waals surface area (Å²) in [6, 6.07) is 11.8. The highest BCUT2D eigenvalue weighted by Crippen LogP contribution is 2.39. The van der Waals surface area contributed by atoms with Gasteiger partial charge in [-0.25, -0.2) is 0 Å². The zero-order valence-corrected chi connectivity index (χ0v) is 13.3. The van der Waals surface area contributed by atoms with Crippen molar-refractivity contribution < 1.29 is 4.79 Å². The van der Waals surface area contributed by atoms with Crippen LogP contribution in [0.2, 0.25) is 0 Å². The van der Waals surface area contributed by atoms with Crippen LogP contribution < -0.4 is 0 Å². The fourth-order valence-electron chi connectivity index (χ4n) is 4.39. The van der Waals surface area contributed by atoms with Crippen LogP contribution in [-0.2, 0) is 11.2 Å². The Morgan fingerprint density at radius 1 is 1.10 bits per heavy atom. The van der Waals surface area contributed by atoms with Gasteiger partial charge in [-0.3, -0.25) is 9.69 Å². The van der Waals surface area contributed by atoms with Gasteiger partial charge in [-0.2, -0.15) is 0 Å². The molecule has 2 aliphatic rings. The number of Topliss-reactive ketones (excluding diaryl/α,β-unsaturated/α-hetero) is 1. The number of carbonyl (C=O) groups is 1. The SMILES string of the molecule is CC(C)(CCc1ccccc1)N1C2CCCC1CC(=O)C2. The average Bonchev–Trinajstić information content (AvgIpc) is 2.45. The molecular weight excluding hydrogens is 258 g/mol. The molecule has 0 amide bonds. The predicted octanol–water partition coefficient (Wildman–Crippen LogP) is 3.98. The molecule has 2 bridgehead atoms. The average molecular weight is 285 g/mol. The maximum atomic E-state index is 11.9. The van der Waals surface area contributed by atoms with E-state index in [2.05, 4.69) is 49.1 Å². The molecule has 0 aliphatic carbocycles. The second kappa shape index (κ2) is 5.92. The summed E-state index contributed by atoms with van der Waals surface area (Å²) in [5.74, 6) is 0.486. The third-order valence-corrected chi connectivity index (χ3v) is 5.36. The number of fused-ring (bicyclic) bond motifs is 2. The standard InChI is InChI=1S/C19H27NO/c1-19(2,12-11-15-7-4-3-5-8-15)20-16-9-6-10-17(20)14-18(21)13-16/h3-5,7-8,16-17H,6,9-14H2,1-2H3. The van der Waals surface area contributed by atoms with Gasteiger partial charge >= 0.3 is 0 Å². The maximum Gasteiger partial charge on any atom is 0.136 e. The van der Waals surface area contributed by atoms with Crippen LogP contribution >= 0.6 is 0 Å². The van der Waals surface area contributed by atoms with Crippen molar-refractivity contribution in [3.05, 3.63) is 35.9 Å². The zero-order chi connectivity index (χ0) is 14.9. The zero-order valence-electron chi connectivity index (χ0n) is 13.3. The lowest BCUT2D eigenvalue weighted by atomic mass is 9.78. The van der Waals surface area contributed by atoms with E-state index in [-0.39, 0.29) is 5.54 Å². The van der Waals surface area contributed by atoms with Crippen LogP contribution in [0.25, 0.3) is 0 Å². The van der Waals surface area contributed by atoms with Gasteiger partial charge in [0.15, 0.2) is 0 Å². The minimum absolute atomic E-state index is 0.187. The Bertz CT molecular complexity index is 478. The molecule has 21 heavy (non-hydrogen) atoms. The lowest BCUT2D eigenvalue weighted by Gasteiger charge is -2.53. The molecular formula is C19H27NO. The van der Waals surface area contributed by atoms with Gasteiger partial charge in [0.2, 0.25) is 0 Å². The van der Waals surface area contributed by atoms with Crippen molar-refractivity contribution in [1.29, 1.82) is 0 Å². The van der Waals surface area contributed by atoms with Crippen LogP contribution in [0.1, 0.15) is 57.9 Å². The van der Waals surface area contributed by atoms with E-state index in [1.54, 1.807) is 0 Å². The summed E-state index contributed by atoms with van der Waals surface area (Å²) in [4.78, 5) is 14.6. The van der Waals surface area contributed by atoms with Gasteiger partial charge < -0.3 is 0 Å². The first-order valence-electron chi connectivity index (χ1n) is 8.40. The van der Waals surface area contributed by atoms with Crippen molar-refractivity contribution in [2.24, 2.45) is 0 Å². The highest BCUT2D eigenvalue weighted by Gasteiger charge is 2.44. The van der Waals surface area contributed by atoms with E-state index in [0.29, 0.717) is 17.9 Å². The lowest BCUT2D eigenvalue weighted by Crippen LogP contribution is -2.60. The monoisotopic (exact) mass is 285 g/mol. The highest BCUT2D eigenvalue weighted by molar-refractivity contribution is 5.80. The van der Waals surface area contributed by atoms with Crippen LogP contribution in [0.3, 0.4) is 0 Å². The number of aryl methyl sites for hydroxylation is 1. The van der Waals surface area contributed by atoms with Gasteiger partial charge in [-0.05, 0) is 45.1 Å². The van der Waals surface area contributed by atoms with E-state index >= 15 is 0 Å². The van der Waals surface area contributed by atoms with Crippen molar-refractivity contribution in [2.45, 2.75) is 76.4 Å². The largest absolute Gasteiger partial charge is 0.300 e. The minimum atomic E-state index is 0.187. The van der Waals surface area contributed by atoms with Gasteiger partial charge in [-0.15, -0.1) is 0 Å². The van der Waals surface area contributed by atoms with E-state index in [1.807, 2.05) is 0 Å². The molecule has 2 atom stereocenters. The third-order valence-electron chi connectivity index (χ3n) is 5.36. The van der Waals surface area contributed by atoms with Crippen LogP contribution in [0.15, 0.2) is 30.3 Å². The summed E-state index contributed by atoms with van der Waals surface area (Å²) < 4.78 is 0. The second-order valence-corrected chi connectivity index (χ2v) is 7.39. The van der Waals surface area contributed by atoms with E-state index in [0.717, 1.165) is 25.7 Å². The molecule has 3 rings (SSSR count). The topological polar surface area (TPSA) is 20.3 Å². The maximum absolute atomic E-state index is 11.9. The predicted molar refractivity (Wildman–Crippen MR) is 86.3 cm³/mol. The van der Waals surface area contributed by atoms with Crippen molar-refractivity contribution in [2.75, 3.05) is 0 Å². The molecule has 0 aromatic heterocycles. The molecule has 0 radical (unpaired) electrons. The number of carbonyl (C=O) groups excluding carboxylic acids is 1. The summed E-state index contributed by atoms with van der Waals surface area (Å²) in [6.45, 7) is 4.74. The molecule has 2 heteroatoms. The van der Waals surface area contributed by atoms with E-state index in [4.69, 9.17) is 0 Å². The summed E-state index contributed by atoms with van der Waals surface area (Å²) in [5, 5.41) is 0. The Balaban J connectivity index is 1.70. The molecule has 2 fully saturated rings. The molecule has 114 valence electrons. The van der Waals surface area contributed by atoms with Crippen LogP contribution in [0, 0.1) is 0 Å². The number of benzene rings is 1. The van der Waals surface area contributed by atoms with E-state index < -0.39 is 0 Å². The quantitative estimate of drug-likeness (QED) is 0.834. The van der Waals surface area contributed by atoms with Crippen molar-refractivity contribution in [1.82, 2.24) is 4.90 Å². The number of nitrogens with zero attached hydrogens (tertiary/aromatic N) is 1. The molecule has 0 N–H and O–H groups in total. The number of rotatable bonds is 4. The van der Waals surface area contributed by atoms with Crippen molar-refractivity contribution in [3.63, 3.8) is 0 Å². The Labute approximate surface area is 128 Å². The minimum Gasteiger partial charge on any atom is -0.300 e. The van der Waals surface area contributed by atoms with Gasteiger partial charge in [0, 0.05) is 30.5 Å². The third kappa shape index (κ3) is 3.21. The summed E-state index contributed by atoms with van der Waals surface area (Å²) >= 11 is 0. The molecule has 0 saturated carbocycles. The van der Waals surface area contributed by atoms with Crippen LogP contribution in [0.4, 0.5) is 0 Å². The fraction of sp³-hybridized carbons (Fsp3) is 0.632. The van der Waals surface area contributed by atoms with Crippen LogP contribution in [-0.4, -0.2) is 28.3 Å². The van der Waals surface area contributed by atoms with E-state index in [9.17, 15) is 4.79 Å². The Morgan fingerprint density at radius 2 is 1.71 bits per heavy atom. The number of ketones is 1. The Morgan fingerprint density at radius 3 is 2.33 bits per heavy atom. The Kier molecular flexibility index (Phi) is 4.17. The summed E-state index contributed by atoms with van der Waals surface area (Å²) in [6.07, 6.45) is 7.56. The first-order chi connectivity index (χ1) is 10.1. The number of hydrogen-bond donors (Lipinski definition) is 0. The van der Waals surface area contributed by atoms with E-state index in [1.165, 1.54) is 24.8 Å². The number of hydrogen-bond acceptors (Lipinski definition) is 2. The molecule has 1 aromatic carbocycles. The Hall–Kier alpha value is -1.15. The van der Waals surface area contributed by atoms with Gasteiger partial charge in [0.05, 0.1) is 0 Å². The summed E-state index contributed by atoms with van der Waals surface area (Å²) in [5.41, 5.74) is 1.61.